The average Bonchev–Trinajstić information content (AvgIpc) is 3.44. The zero-order valence-electron chi connectivity index (χ0n) is 40.3. The van der Waals surface area contributed by atoms with Gasteiger partial charge in [0.15, 0.2) is 31.1 Å². The first-order chi connectivity index (χ1) is 35.8. The Kier molecular flexibility index (Phi) is 17.7. The Morgan fingerprint density at radius 2 is 1.14 bits per heavy atom. The molecule has 15 nitrogen and oxygen atoms in total. The predicted octanol–water partition coefficient (Wildman–Crippen LogP) is 8.46. The molecule has 0 aromatic heterocycles. The molecule has 0 radical (unpaired) electrons. The van der Waals surface area contributed by atoms with Gasteiger partial charge >= 0.3 is 18.0 Å². The second kappa shape index (κ2) is 25.2. The fourth-order valence-corrected chi connectivity index (χ4v) is 9.01. The summed E-state index contributed by atoms with van der Waals surface area (Å²) in [6, 6.07) is 54.7. The molecule has 73 heavy (non-hydrogen) atoms. The van der Waals surface area contributed by atoms with Gasteiger partial charge in [-0.3, -0.25) is 0 Å². The number of ether oxygens (including phenoxy) is 10. The number of aliphatic hydroxyl groups is 1. The number of hydrogen-bond acceptors (Lipinski definition) is 14. The quantitative estimate of drug-likeness (QED) is 0.0607. The molecule has 0 spiro atoms. The Hall–Kier alpha value is -6.79. The second-order valence-corrected chi connectivity index (χ2v) is 18.0. The summed E-state index contributed by atoms with van der Waals surface area (Å²) in [6.07, 6.45) is -11.8. The molecule has 3 saturated heterocycles. The van der Waals surface area contributed by atoms with Crippen LogP contribution in [0.5, 0.6) is 0 Å². The van der Waals surface area contributed by atoms with Crippen molar-refractivity contribution in [2.24, 2.45) is 5.92 Å². The van der Waals surface area contributed by atoms with Crippen molar-refractivity contribution in [2.45, 2.75) is 88.3 Å². The lowest BCUT2D eigenvalue weighted by atomic mass is 9.89. The number of nitrogens with zero attached hydrogens (tertiary/aromatic N) is 1. The molecule has 9 rings (SSSR count). The molecule has 11 atom stereocenters. The number of esters is 2. The van der Waals surface area contributed by atoms with Crippen molar-refractivity contribution < 1.29 is 66.9 Å². The van der Waals surface area contributed by atoms with Gasteiger partial charge in [0, 0.05) is 24.6 Å². The highest BCUT2D eigenvalue weighted by Gasteiger charge is 2.55. The van der Waals surface area contributed by atoms with E-state index in [0.29, 0.717) is 5.56 Å². The molecular weight excluding hydrogens is 935 g/mol. The summed E-state index contributed by atoms with van der Waals surface area (Å²) in [6.45, 7) is 2.32. The molecule has 1 N–H and O–H groups in total. The van der Waals surface area contributed by atoms with E-state index in [1.807, 2.05) is 128 Å². The van der Waals surface area contributed by atoms with Crippen molar-refractivity contribution in [3.63, 3.8) is 0 Å². The van der Waals surface area contributed by atoms with Gasteiger partial charge in [0.1, 0.15) is 31.0 Å². The number of aliphatic hydroxyl groups excluding tert-OH is 1. The molecule has 3 fully saturated rings. The minimum atomic E-state index is -1.46. The van der Waals surface area contributed by atoms with Gasteiger partial charge in [-0.15, -0.1) is 0 Å². The SMILES string of the molecule is CC1C(OC2OC3COC(c4ccccc4)OC3C(O)C2OC(=O)c2ccccc2)C(COCc2ccccc2)OC(OCCN(Cc2ccccc2)C(=O)OCc2ccccc2)C1OC(=O)c1ccccc1. The molecule has 15 heteroatoms. The summed E-state index contributed by atoms with van der Waals surface area (Å²) in [5.41, 5.74) is 3.89. The van der Waals surface area contributed by atoms with Gasteiger partial charge in [0.25, 0.3) is 0 Å². The lowest BCUT2D eigenvalue weighted by molar-refractivity contribution is -0.381. The molecule has 1 amide bonds. The third kappa shape index (κ3) is 13.4. The molecule has 3 aliphatic heterocycles. The van der Waals surface area contributed by atoms with Crippen LogP contribution in [0.25, 0.3) is 0 Å². The minimum absolute atomic E-state index is 0.00908. The largest absolute Gasteiger partial charge is 0.453 e. The van der Waals surface area contributed by atoms with Crippen molar-refractivity contribution in [1.29, 1.82) is 0 Å². The fraction of sp³-hybridized carbons (Fsp3) is 0.328. The van der Waals surface area contributed by atoms with Crippen LogP contribution in [-0.4, -0.2) is 110 Å². The zero-order valence-corrected chi connectivity index (χ0v) is 40.3. The molecular formula is C58H59NO14. The number of benzene rings is 6. The van der Waals surface area contributed by atoms with E-state index in [2.05, 4.69) is 0 Å². The smallest absolute Gasteiger partial charge is 0.410 e. The van der Waals surface area contributed by atoms with Crippen LogP contribution in [0.3, 0.4) is 0 Å². The number of amides is 1. The van der Waals surface area contributed by atoms with Gasteiger partial charge in [-0.25, -0.2) is 14.4 Å². The van der Waals surface area contributed by atoms with Gasteiger partial charge in [0.2, 0.25) is 0 Å². The summed E-state index contributed by atoms with van der Waals surface area (Å²) in [4.78, 5) is 43.1. The number of rotatable bonds is 19. The van der Waals surface area contributed by atoms with E-state index < -0.39 is 85.5 Å². The van der Waals surface area contributed by atoms with Gasteiger partial charge in [-0.1, -0.05) is 165 Å². The Labute approximate surface area is 424 Å². The van der Waals surface area contributed by atoms with Crippen LogP contribution in [0.4, 0.5) is 4.79 Å². The zero-order chi connectivity index (χ0) is 50.4. The molecule has 0 bridgehead atoms. The third-order valence-corrected chi connectivity index (χ3v) is 12.9. The van der Waals surface area contributed by atoms with Gasteiger partial charge in [-0.2, -0.15) is 0 Å². The van der Waals surface area contributed by atoms with Crippen LogP contribution >= 0.6 is 0 Å². The summed E-state index contributed by atoms with van der Waals surface area (Å²) < 4.78 is 63.8. The Morgan fingerprint density at radius 3 is 1.74 bits per heavy atom. The van der Waals surface area contributed by atoms with E-state index in [1.165, 1.54) is 0 Å². The third-order valence-electron chi connectivity index (χ3n) is 12.9. The van der Waals surface area contributed by atoms with E-state index in [4.69, 9.17) is 47.4 Å². The molecule has 6 aromatic carbocycles. The lowest BCUT2D eigenvalue weighted by Crippen LogP contribution is -2.65. The van der Waals surface area contributed by atoms with E-state index >= 15 is 0 Å². The number of carbonyl (C=O) groups is 3. The summed E-state index contributed by atoms with van der Waals surface area (Å²) in [5.74, 6) is -2.11. The number of carbonyl (C=O) groups excluding carboxylic acids is 3. The van der Waals surface area contributed by atoms with Crippen LogP contribution in [0, 0.1) is 5.92 Å². The Balaban J connectivity index is 0.994. The number of fused-ring (bicyclic) bond motifs is 1. The molecule has 3 heterocycles. The lowest BCUT2D eigenvalue weighted by Gasteiger charge is -2.50. The Morgan fingerprint density at radius 1 is 0.603 bits per heavy atom. The monoisotopic (exact) mass is 993 g/mol. The van der Waals surface area contributed by atoms with Crippen molar-refractivity contribution in [3.05, 3.63) is 215 Å². The average molecular weight is 994 g/mol. The Bertz CT molecular complexity index is 2630. The first kappa shape index (κ1) is 51.1. The van der Waals surface area contributed by atoms with Gasteiger partial charge in [-0.05, 0) is 41.0 Å². The maximum atomic E-state index is 14.0. The van der Waals surface area contributed by atoms with Crippen LogP contribution in [0.1, 0.15) is 56.2 Å². The standard InChI is InChI=1S/C58H59NO14/c1-39-49(72-57-52(71-54(62)44-28-16-6-17-29-44)48(60)51-47(69-57)38-66-55(73-51)45-30-18-7-19-31-45)46(37-64-35-41-22-10-3-11-23-41)68-56(50(39)70-53(61)43-26-14-5-15-27-43)65-33-32-59(34-40-20-8-2-9-21-40)58(63)67-36-42-24-12-4-13-25-42/h2-31,39,46-52,55-57,60H,32-38H2,1H3. The maximum Gasteiger partial charge on any atom is 0.410 e. The van der Waals surface area contributed by atoms with Crippen molar-refractivity contribution in [2.75, 3.05) is 26.4 Å². The predicted molar refractivity (Wildman–Crippen MR) is 264 cm³/mol. The number of hydrogen-bond donors (Lipinski definition) is 1. The topological polar surface area (TPSA) is 167 Å². The summed E-state index contributed by atoms with van der Waals surface area (Å²) in [7, 11) is 0. The van der Waals surface area contributed by atoms with E-state index in [0.717, 1.165) is 22.3 Å². The fourth-order valence-electron chi connectivity index (χ4n) is 9.01. The normalized spacial score (nSPS) is 25.6. The molecule has 0 aliphatic carbocycles. The first-order valence-corrected chi connectivity index (χ1v) is 24.5. The van der Waals surface area contributed by atoms with Crippen molar-refractivity contribution >= 4 is 18.0 Å². The summed E-state index contributed by atoms with van der Waals surface area (Å²) in [5, 5.41) is 12.2. The first-order valence-electron chi connectivity index (χ1n) is 24.5. The van der Waals surface area contributed by atoms with Crippen LogP contribution < -0.4 is 0 Å². The minimum Gasteiger partial charge on any atom is -0.453 e. The van der Waals surface area contributed by atoms with Crippen LogP contribution in [-0.2, 0) is 67.1 Å². The maximum absolute atomic E-state index is 14.0. The molecule has 380 valence electrons. The highest BCUT2D eigenvalue weighted by Crippen LogP contribution is 2.39. The van der Waals surface area contributed by atoms with Crippen LogP contribution in [0.2, 0.25) is 0 Å². The summed E-state index contributed by atoms with van der Waals surface area (Å²) >= 11 is 0. The molecule has 6 aromatic rings. The van der Waals surface area contributed by atoms with Crippen molar-refractivity contribution in [1.82, 2.24) is 4.90 Å². The molecule has 3 aliphatic rings. The second-order valence-electron chi connectivity index (χ2n) is 18.0. The van der Waals surface area contributed by atoms with E-state index in [1.54, 1.807) is 65.6 Å². The van der Waals surface area contributed by atoms with Gasteiger partial charge in [0.05, 0.1) is 43.7 Å². The highest BCUT2D eigenvalue weighted by molar-refractivity contribution is 5.90. The molecule has 11 unspecified atom stereocenters. The van der Waals surface area contributed by atoms with Crippen LogP contribution in [0.15, 0.2) is 182 Å². The molecule has 0 saturated carbocycles. The highest BCUT2D eigenvalue weighted by atomic mass is 16.8. The van der Waals surface area contributed by atoms with Gasteiger partial charge < -0.3 is 57.4 Å². The van der Waals surface area contributed by atoms with E-state index in [-0.39, 0.29) is 51.7 Å². The van der Waals surface area contributed by atoms with Crippen molar-refractivity contribution in [3.8, 4) is 0 Å². The van der Waals surface area contributed by atoms with E-state index in [9.17, 15) is 19.5 Å².